The maximum Gasteiger partial charge on any atom is 0.249 e. The van der Waals surface area contributed by atoms with E-state index >= 15 is 0 Å². The topological polar surface area (TPSA) is 59.9 Å². The number of anilines is 3. The van der Waals surface area contributed by atoms with E-state index in [1.54, 1.807) is 4.90 Å². The van der Waals surface area contributed by atoms with Crippen molar-refractivity contribution in [3.63, 3.8) is 0 Å². The van der Waals surface area contributed by atoms with Gasteiger partial charge in [-0.25, -0.2) is 4.98 Å². The lowest BCUT2D eigenvalue weighted by atomic mass is 9.98. The van der Waals surface area contributed by atoms with E-state index in [0.29, 0.717) is 6.04 Å². The van der Waals surface area contributed by atoms with Crippen molar-refractivity contribution < 1.29 is 9.90 Å². The zero-order valence-electron chi connectivity index (χ0n) is 18.9. The van der Waals surface area contributed by atoms with Crippen LogP contribution in [0.15, 0.2) is 66.7 Å². The fraction of sp³-hybridized carbons (Fsp3) is 0.333. The highest BCUT2D eigenvalue weighted by molar-refractivity contribution is 6.04. The summed E-state index contributed by atoms with van der Waals surface area (Å²) in [7, 11) is 1.82. The van der Waals surface area contributed by atoms with Crippen molar-refractivity contribution in [2.75, 3.05) is 21.7 Å². The molecule has 1 fully saturated rings. The highest BCUT2D eigenvalue weighted by Gasteiger charge is 2.44. The van der Waals surface area contributed by atoms with E-state index < -0.39 is 6.23 Å². The fourth-order valence-electron chi connectivity index (χ4n) is 5.42. The summed E-state index contributed by atoms with van der Waals surface area (Å²) in [6.45, 7) is 1.97. The van der Waals surface area contributed by atoms with Gasteiger partial charge in [-0.05, 0) is 49.4 Å². The van der Waals surface area contributed by atoms with E-state index in [1.165, 1.54) is 5.56 Å². The zero-order chi connectivity index (χ0) is 22.7. The van der Waals surface area contributed by atoms with Crippen molar-refractivity contribution >= 4 is 23.2 Å². The van der Waals surface area contributed by atoms with Gasteiger partial charge in [-0.3, -0.25) is 4.79 Å². The maximum absolute atomic E-state index is 12.8. The Balaban J connectivity index is 1.45. The Morgan fingerprint density at radius 1 is 0.939 bits per heavy atom. The summed E-state index contributed by atoms with van der Waals surface area (Å²) in [6.07, 6.45) is 2.17. The molecule has 2 aliphatic heterocycles. The third-order valence-electron chi connectivity index (χ3n) is 7.26. The number of aromatic nitrogens is 1. The molecule has 168 valence electrons. The predicted octanol–water partition coefficient (Wildman–Crippen LogP) is 4.21. The normalized spacial score (nSPS) is 24.2. The van der Waals surface area contributed by atoms with E-state index in [1.807, 2.05) is 55.3 Å². The van der Waals surface area contributed by atoms with Crippen LogP contribution in [-0.2, 0) is 11.2 Å². The number of aliphatic hydroxyl groups is 1. The molecule has 33 heavy (non-hydrogen) atoms. The Hall–Kier alpha value is -3.38. The molecule has 1 N–H and O–H groups in total. The van der Waals surface area contributed by atoms with Gasteiger partial charge in [0.25, 0.3) is 0 Å². The average molecular weight is 441 g/mol. The molecule has 0 spiro atoms. The lowest BCUT2D eigenvalue weighted by Crippen LogP contribution is -2.52. The largest absolute Gasteiger partial charge is 0.369 e. The van der Waals surface area contributed by atoms with Crippen LogP contribution in [0.5, 0.6) is 0 Å². The third-order valence-corrected chi connectivity index (χ3v) is 7.26. The van der Waals surface area contributed by atoms with Crippen molar-refractivity contribution in [2.24, 2.45) is 0 Å². The van der Waals surface area contributed by atoms with E-state index in [2.05, 4.69) is 35.2 Å². The van der Waals surface area contributed by atoms with Gasteiger partial charge in [0.15, 0.2) is 12.0 Å². The molecule has 1 saturated carbocycles. The second-order valence-corrected chi connectivity index (χ2v) is 9.34. The minimum atomic E-state index is -0.768. The molecule has 3 heterocycles. The number of aliphatic hydroxyl groups excluding tert-OH is 1. The molecule has 0 radical (unpaired) electrons. The number of hydrogen-bond donors (Lipinski definition) is 1. The van der Waals surface area contributed by atoms with E-state index in [-0.39, 0.29) is 18.0 Å². The molecule has 1 aliphatic carbocycles. The number of likely N-dealkylation sites (N-methyl/N-ethyl adjacent to an activating group) is 1. The lowest BCUT2D eigenvalue weighted by Gasteiger charge is -2.40. The van der Waals surface area contributed by atoms with Crippen molar-refractivity contribution in [3.05, 3.63) is 83.4 Å². The van der Waals surface area contributed by atoms with Crippen LogP contribution in [0.4, 0.5) is 17.3 Å². The lowest BCUT2D eigenvalue weighted by molar-refractivity contribution is -0.119. The number of carbonyl (C=O) groups excluding carboxylic acids is 1. The molecule has 2 aromatic carbocycles. The molecule has 3 aliphatic rings. The molecule has 6 heteroatoms. The molecule has 3 aromatic rings. The minimum Gasteiger partial charge on any atom is -0.369 e. The van der Waals surface area contributed by atoms with Gasteiger partial charge in [-0.2, -0.15) is 0 Å². The number of hydrogen-bond acceptors (Lipinski definition) is 5. The van der Waals surface area contributed by atoms with Crippen molar-refractivity contribution in [1.29, 1.82) is 0 Å². The van der Waals surface area contributed by atoms with Crippen LogP contribution in [-0.4, -0.2) is 35.1 Å². The number of pyridine rings is 1. The van der Waals surface area contributed by atoms with Gasteiger partial charge < -0.3 is 19.8 Å². The average Bonchev–Trinajstić information content (AvgIpc) is 3.64. The SMILES string of the molecule is CC1C(=O)N(C)c2ccc(N3C(O)c4ccccc4C3Cc3ccccc3)nc2N1C1CC1. The van der Waals surface area contributed by atoms with Gasteiger partial charge in [-0.15, -0.1) is 0 Å². The first-order chi connectivity index (χ1) is 16.0. The molecule has 1 amide bonds. The summed E-state index contributed by atoms with van der Waals surface area (Å²) in [5.41, 5.74) is 4.11. The molecule has 6 nitrogen and oxygen atoms in total. The second-order valence-electron chi connectivity index (χ2n) is 9.34. The molecule has 1 aromatic heterocycles. The summed E-state index contributed by atoms with van der Waals surface area (Å²) in [5.74, 6) is 1.67. The molecule has 6 rings (SSSR count). The van der Waals surface area contributed by atoms with Crippen LogP contribution in [0.3, 0.4) is 0 Å². The second kappa shape index (κ2) is 7.59. The molecule has 3 unspecified atom stereocenters. The fourth-order valence-corrected chi connectivity index (χ4v) is 5.42. The monoisotopic (exact) mass is 440 g/mol. The van der Waals surface area contributed by atoms with Crippen molar-refractivity contribution in [3.8, 4) is 0 Å². The van der Waals surface area contributed by atoms with E-state index in [4.69, 9.17) is 4.98 Å². The maximum atomic E-state index is 12.8. The van der Waals surface area contributed by atoms with Gasteiger partial charge in [0.2, 0.25) is 5.91 Å². The van der Waals surface area contributed by atoms with Crippen LogP contribution < -0.4 is 14.7 Å². The van der Waals surface area contributed by atoms with Gasteiger partial charge >= 0.3 is 0 Å². The van der Waals surface area contributed by atoms with Crippen LogP contribution in [0, 0.1) is 0 Å². The third kappa shape index (κ3) is 3.20. The summed E-state index contributed by atoms with van der Waals surface area (Å²) in [4.78, 5) is 23.9. The van der Waals surface area contributed by atoms with Gasteiger partial charge in [0.05, 0.1) is 11.7 Å². The Bertz CT molecular complexity index is 1210. The first-order valence-electron chi connectivity index (χ1n) is 11.7. The van der Waals surface area contributed by atoms with Gasteiger partial charge in [0, 0.05) is 18.7 Å². The zero-order valence-corrected chi connectivity index (χ0v) is 18.9. The predicted molar refractivity (Wildman–Crippen MR) is 129 cm³/mol. The number of carbonyl (C=O) groups is 1. The smallest absolute Gasteiger partial charge is 0.249 e. The quantitative estimate of drug-likeness (QED) is 0.659. The summed E-state index contributed by atoms with van der Waals surface area (Å²) in [6, 6.07) is 22.5. The molecular weight excluding hydrogens is 412 g/mol. The minimum absolute atomic E-state index is 0.0288. The highest BCUT2D eigenvalue weighted by Crippen LogP contribution is 2.47. The van der Waals surface area contributed by atoms with Crippen molar-refractivity contribution in [2.45, 2.75) is 50.5 Å². The van der Waals surface area contributed by atoms with Crippen LogP contribution in [0.1, 0.15) is 48.7 Å². The Labute approximate surface area is 194 Å². The first-order valence-corrected chi connectivity index (χ1v) is 11.7. The summed E-state index contributed by atoms with van der Waals surface area (Å²) in [5, 5.41) is 11.4. The Morgan fingerprint density at radius 3 is 2.36 bits per heavy atom. The number of nitrogens with zero attached hydrogens (tertiary/aromatic N) is 4. The van der Waals surface area contributed by atoms with E-state index in [9.17, 15) is 9.90 Å². The standard InChI is InChI=1S/C27H28N4O2/c1-17-26(32)29(2)22-14-15-24(28-25(22)30(17)19-12-13-19)31-23(16-18-8-4-3-5-9-18)20-10-6-7-11-21(20)27(31)33/h3-11,14-15,17,19,23,27,33H,12-13,16H2,1-2H3. The van der Waals surface area contributed by atoms with Crippen LogP contribution in [0.25, 0.3) is 0 Å². The molecule has 3 atom stereocenters. The van der Waals surface area contributed by atoms with Crippen LogP contribution >= 0.6 is 0 Å². The number of fused-ring (bicyclic) bond motifs is 2. The molecule has 0 bridgehead atoms. The highest BCUT2D eigenvalue weighted by atomic mass is 16.3. The summed E-state index contributed by atoms with van der Waals surface area (Å²) >= 11 is 0. The first kappa shape index (κ1) is 20.2. The molecule has 0 saturated heterocycles. The molecular formula is C27H28N4O2. The number of benzene rings is 2. The van der Waals surface area contributed by atoms with Crippen molar-refractivity contribution in [1.82, 2.24) is 4.98 Å². The Morgan fingerprint density at radius 2 is 1.64 bits per heavy atom. The van der Waals surface area contributed by atoms with E-state index in [0.717, 1.165) is 47.7 Å². The van der Waals surface area contributed by atoms with Crippen LogP contribution in [0.2, 0.25) is 0 Å². The number of amides is 1. The van der Waals surface area contributed by atoms with Gasteiger partial charge in [0.1, 0.15) is 11.9 Å². The summed E-state index contributed by atoms with van der Waals surface area (Å²) < 4.78 is 0. The van der Waals surface area contributed by atoms with Gasteiger partial charge in [-0.1, -0.05) is 54.6 Å². The number of rotatable bonds is 4. The Kier molecular flexibility index (Phi) is 4.66.